The largest absolute Gasteiger partial charge is 0.322 e. The highest BCUT2D eigenvalue weighted by Gasteiger charge is 2.21. The minimum atomic E-state index is -0.0193. The molecule has 2 amide bonds. The zero-order chi connectivity index (χ0) is 15.2. The van der Waals surface area contributed by atoms with Gasteiger partial charge in [-0.3, -0.25) is 4.90 Å². The summed E-state index contributed by atoms with van der Waals surface area (Å²) in [6, 6.07) is 7.65. The van der Waals surface area contributed by atoms with Crippen LogP contribution in [0, 0.1) is 0 Å². The molecule has 0 atom stereocenters. The van der Waals surface area contributed by atoms with Gasteiger partial charge >= 0.3 is 6.03 Å². The van der Waals surface area contributed by atoms with Crippen LogP contribution in [0.3, 0.4) is 0 Å². The van der Waals surface area contributed by atoms with Gasteiger partial charge in [0, 0.05) is 43.7 Å². The van der Waals surface area contributed by atoms with Crippen LogP contribution in [0.4, 0.5) is 10.5 Å². The number of likely N-dealkylation sites (N-methyl/N-ethyl adjacent to an activating group) is 1. The topological polar surface area (TPSA) is 38.8 Å². The molecule has 0 spiro atoms. The van der Waals surface area contributed by atoms with Gasteiger partial charge in [0.1, 0.15) is 0 Å². The number of para-hydroxylation sites is 1. The van der Waals surface area contributed by atoms with E-state index in [0.29, 0.717) is 0 Å². The quantitative estimate of drug-likeness (QED) is 0.900. The number of nitrogens with zero attached hydrogens (tertiary/aromatic N) is 3. The van der Waals surface area contributed by atoms with Crippen LogP contribution in [0.1, 0.15) is 0 Å². The number of halogens is 1. The number of hydrogen-bond donors (Lipinski definition) is 1. The Hall–Kier alpha value is -1.11. The Bertz CT molecular complexity index is 472. The third-order valence-electron chi connectivity index (χ3n) is 3.64. The number of hydrogen-bond acceptors (Lipinski definition) is 3. The molecule has 1 aliphatic heterocycles. The number of urea groups is 1. The van der Waals surface area contributed by atoms with Crippen LogP contribution in [0.2, 0.25) is 0 Å². The first kappa shape index (κ1) is 16.3. The SMILES string of the molecule is CN(C)CCN1CCN(C(=O)Nc2ccccc2Br)CC1. The average Bonchev–Trinajstić information content (AvgIpc) is 2.48. The zero-order valence-corrected chi connectivity index (χ0v) is 14.3. The van der Waals surface area contributed by atoms with E-state index in [9.17, 15) is 4.79 Å². The Morgan fingerprint density at radius 3 is 2.52 bits per heavy atom. The maximum atomic E-state index is 12.3. The molecule has 1 aromatic carbocycles. The molecular weight excluding hydrogens is 332 g/mol. The van der Waals surface area contributed by atoms with E-state index in [1.807, 2.05) is 29.2 Å². The molecule has 0 aliphatic carbocycles. The number of amides is 2. The first-order valence-electron chi connectivity index (χ1n) is 7.24. The Morgan fingerprint density at radius 2 is 1.90 bits per heavy atom. The molecule has 1 aliphatic rings. The highest BCUT2D eigenvalue weighted by atomic mass is 79.9. The molecule has 0 radical (unpaired) electrons. The molecule has 21 heavy (non-hydrogen) atoms. The summed E-state index contributed by atoms with van der Waals surface area (Å²) in [6.45, 7) is 5.57. The lowest BCUT2D eigenvalue weighted by Crippen LogP contribution is -2.51. The fourth-order valence-electron chi connectivity index (χ4n) is 2.27. The lowest BCUT2D eigenvalue weighted by atomic mass is 10.3. The molecule has 0 bridgehead atoms. The van der Waals surface area contributed by atoms with Crippen LogP contribution < -0.4 is 5.32 Å². The second kappa shape index (κ2) is 7.77. The van der Waals surface area contributed by atoms with Gasteiger partial charge in [0.15, 0.2) is 0 Å². The van der Waals surface area contributed by atoms with E-state index in [1.54, 1.807) is 0 Å². The van der Waals surface area contributed by atoms with Gasteiger partial charge in [-0.15, -0.1) is 0 Å². The minimum Gasteiger partial charge on any atom is -0.322 e. The van der Waals surface area contributed by atoms with Gasteiger partial charge < -0.3 is 15.1 Å². The highest BCUT2D eigenvalue weighted by Crippen LogP contribution is 2.21. The van der Waals surface area contributed by atoms with Crippen LogP contribution >= 0.6 is 15.9 Å². The number of rotatable bonds is 4. The fraction of sp³-hybridized carbons (Fsp3) is 0.533. The number of piperazine rings is 1. The molecule has 1 N–H and O–H groups in total. The standard InChI is InChI=1S/C15H23BrN4O/c1-18(2)7-8-19-9-11-20(12-10-19)15(21)17-14-6-4-3-5-13(14)16/h3-6H,7-12H2,1-2H3,(H,17,21). The summed E-state index contributed by atoms with van der Waals surface area (Å²) in [5.41, 5.74) is 0.817. The lowest BCUT2D eigenvalue weighted by molar-refractivity contribution is 0.140. The van der Waals surface area contributed by atoms with E-state index in [1.165, 1.54) is 0 Å². The van der Waals surface area contributed by atoms with Crippen molar-refractivity contribution >= 4 is 27.6 Å². The zero-order valence-electron chi connectivity index (χ0n) is 12.7. The Morgan fingerprint density at radius 1 is 1.24 bits per heavy atom. The molecule has 1 saturated heterocycles. The second-order valence-corrected chi connectivity index (χ2v) is 6.40. The first-order chi connectivity index (χ1) is 10.1. The third-order valence-corrected chi connectivity index (χ3v) is 4.33. The molecule has 5 nitrogen and oxygen atoms in total. The summed E-state index contributed by atoms with van der Waals surface area (Å²) in [5.74, 6) is 0. The number of nitrogens with one attached hydrogen (secondary N) is 1. The summed E-state index contributed by atoms with van der Waals surface area (Å²) in [6.07, 6.45) is 0. The minimum absolute atomic E-state index is 0.0193. The van der Waals surface area contributed by atoms with Gasteiger partial charge in [0.2, 0.25) is 0 Å². The van der Waals surface area contributed by atoms with Crippen LogP contribution in [0.25, 0.3) is 0 Å². The average molecular weight is 355 g/mol. The maximum absolute atomic E-state index is 12.3. The van der Waals surface area contributed by atoms with Gasteiger partial charge in [-0.25, -0.2) is 4.79 Å². The van der Waals surface area contributed by atoms with Crippen LogP contribution in [0.15, 0.2) is 28.7 Å². The lowest BCUT2D eigenvalue weighted by Gasteiger charge is -2.35. The molecule has 6 heteroatoms. The Kier molecular flexibility index (Phi) is 6.02. The van der Waals surface area contributed by atoms with Gasteiger partial charge in [0.25, 0.3) is 0 Å². The van der Waals surface area contributed by atoms with E-state index >= 15 is 0 Å². The summed E-state index contributed by atoms with van der Waals surface area (Å²) in [4.78, 5) is 18.7. The van der Waals surface area contributed by atoms with Gasteiger partial charge in [-0.05, 0) is 42.2 Å². The summed E-state index contributed by atoms with van der Waals surface area (Å²) in [7, 11) is 4.17. The van der Waals surface area contributed by atoms with Crippen molar-refractivity contribution in [3.63, 3.8) is 0 Å². The Balaban J connectivity index is 1.79. The molecule has 0 aromatic heterocycles. The molecule has 1 aromatic rings. The summed E-state index contributed by atoms with van der Waals surface area (Å²) < 4.78 is 0.906. The number of anilines is 1. The second-order valence-electron chi connectivity index (χ2n) is 5.54. The molecule has 0 saturated carbocycles. The van der Waals surface area contributed by atoms with E-state index in [0.717, 1.165) is 49.4 Å². The molecule has 1 fully saturated rings. The molecular formula is C15H23BrN4O. The van der Waals surface area contributed by atoms with Crippen molar-refractivity contribution in [2.75, 3.05) is 58.7 Å². The molecule has 0 unspecified atom stereocenters. The smallest absolute Gasteiger partial charge is 0.321 e. The van der Waals surface area contributed by atoms with Gasteiger partial charge in [-0.1, -0.05) is 12.1 Å². The predicted molar refractivity (Wildman–Crippen MR) is 89.7 cm³/mol. The van der Waals surface area contributed by atoms with Crippen LogP contribution in [0.5, 0.6) is 0 Å². The predicted octanol–water partition coefficient (Wildman–Crippen LogP) is 2.16. The first-order valence-corrected chi connectivity index (χ1v) is 8.03. The molecule has 1 heterocycles. The van der Waals surface area contributed by atoms with Crippen LogP contribution in [-0.4, -0.2) is 74.1 Å². The van der Waals surface area contributed by atoms with Gasteiger partial charge in [0.05, 0.1) is 5.69 Å². The van der Waals surface area contributed by atoms with Gasteiger partial charge in [-0.2, -0.15) is 0 Å². The van der Waals surface area contributed by atoms with Crippen molar-refractivity contribution < 1.29 is 4.79 Å². The summed E-state index contributed by atoms with van der Waals surface area (Å²) in [5, 5.41) is 2.96. The van der Waals surface area contributed by atoms with Crippen molar-refractivity contribution in [1.82, 2.24) is 14.7 Å². The third kappa shape index (κ3) is 4.98. The van der Waals surface area contributed by atoms with Crippen molar-refractivity contribution in [1.29, 1.82) is 0 Å². The molecule has 2 rings (SSSR count). The molecule has 116 valence electrons. The normalized spacial score (nSPS) is 16.3. The summed E-state index contributed by atoms with van der Waals surface area (Å²) >= 11 is 3.45. The maximum Gasteiger partial charge on any atom is 0.321 e. The van der Waals surface area contributed by atoms with Crippen molar-refractivity contribution in [2.45, 2.75) is 0 Å². The van der Waals surface area contributed by atoms with Crippen molar-refractivity contribution in [3.8, 4) is 0 Å². The fourth-order valence-corrected chi connectivity index (χ4v) is 2.66. The Labute approximate surface area is 135 Å². The van der Waals surface area contributed by atoms with E-state index in [2.05, 4.69) is 45.1 Å². The van der Waals surface area contributed by atoms with E-state index in [-0.39, 0.29) is 6.03 Å². The van der Waals surface area contributed by atoms with Crippen molar-refractivity contribution in [3.05, 3.63) is 28.7 Å². The van der Waals surface area contributed by atoms with E-state index in [4.69, 9.17) is 0 Å². The number of benzene rings is 1. The number of carbonyl (C=O) groups is 1. The highest BCUT2D eigenvalue weighted by molar-refractivity contribution is 9.10. The monoisotopic (exact) mass is 354 g/mol. The van der Waals surface area contributed by atoms with Crippen LogP contribution in [-0.2, 0) is 0 Å². The number of carbonyl (C=O) groups excluding carboxylic acids is 1. The van der Waals surface area contributed by atoms with Crippen molar-refractivity contribution in [2.24, 2.45) is 0 Å². The van der Waals surface area contributed by atoms with E-state index < -0.39 is 0 Å².